The Bertz CT molecular complexity index is 626. The minimum atomic E-state index is -1.08. The predicted molar refractivity (Wildman–Crippen MR) is 71.6 cm³/mol. The van der Waals surface area contributed by atoms with E-state index in [-0.39, 0.29) is 12.4 Å². The number of carboxylic acid groups (broad SMARTS) is 1. The van der Waals surface area contributed by atoms with Crippen LogP contribution in [-0.4, -0.2) is 16.1 Å². The molecule has 0 saturated carbocycles. The van der Waals surface area contributed by atoms with Crippen molar-refractivity contribution in [3.05, 3.63) is 65.7 Å². The van der Waals surface area contributed by atoms with Gasteiger partial charge in [-0.2, -0.15) is 0 Å². The summed E-state index contributed by atoms with van der Waals surface area (Å²) in [6.45, 7) is 0.240. The molecule has 4 nitrogen and oxygen atoms in total. The average molecular weight is 273 g/mol. The van der Waals surface area contributed by atoms with E-state index in [0.717, 1.165) is 11.6 Å². The van der Waals surface area contributed by atoms with Gasteiger partial charge in [0.15, 0.2) is 11.6 Å². The highest BCUT2D eigenvalue weighted by molar-refractivity contribution is 5.85. The molecule has 1 aromatic heterocycles. The number of carbonyl (C=O) groups is 1. The summed E-state index contributed by atoms with van der Waals surface area (Å²) in [5.41, 5.74) is 1.34. The summed E-state index contributed by atoms with van der Waals surface area (Å²) in [5.74, 6) is -1.50. The van der Waals surface area contributed by atoms with Gasteiger partial charge in [0.25, 0.3) is 0 Å². The van der Waals surface area contributed by atoms with Crippen molar-refractivity contribution in [2.45, 2.75) is 6.61 Å². The molecule has 0 radical (unpaired) electrons. The molecule has 20 heavy (non-hydrogen) atoms. The quantitative estimate of drug-likeness (QED) is 0.851. The van der Waals surface area contributed by atoms with Crippen LogP contribution in [0.3, 0.4) is 0 Å². The maximum absolute atomic E-state index is 13.8. The van der Waals surface area contributed by atoms with Gasteiger partial charge in [-0.25, -0.2) is 9.18 Å². The van der Waals surface area contributed by atoms with Crippen molar-refractivity contribution >= 4 is 12.0 Å². The van der Waals surface area contributed by atoms with Gasteiger partial charge in [-0.05, 0) is 41.5 Å². The Labute approximate surface area is 115 Å². The van der Waals surface area contributed by atoms with Gasteiger partial charge in [-0.1, -0.05) is 6.07 Å². The smallest absolute Gasteiger partial charge is 0.328 e. The Balaban J connectivity index is 2.04. The van der Waals surface area contributed by atoms with E-state index in [2.05, 4.69) is 4.98 Å². The second kappa shape index (κ2) is 6.47. The summed E-state index contributed by atoms with van der Waals surface area (Å²) < 4.78 is 19.1. The Kier molecular flexibility index (Phi) is 4.44. The van der Waals surface area contributed by atoms with Gasteiger partial charge in [-0.15, -0.1) is 0 Å². The zero-order valence-electron chi connectivity index (χ0n) is 10.5. The Morgan fingerprint density at radius 3 is 2.70 bits per heavy atom. The first-order valence-electron chi connectivity index (χ1n) is 5.87. The molecule has 0 bridgehead atoms. The number of nitrogens with zero attached hydrogens (tertiary/aromatic N) is 1. The van der Waals surface area contributed by atoms with Gasteiger partial charge in [0.1, 0.15) is 6.61 Å². The summed E-state index contributed by atoms with van der Waals surface area (Å²) in [7, 11) is 0. The molecule has 0 atom stereocenters. The molecule has 0 spiro atoms. The Morgan fingerprint density at radius 1 is 1.30 bits per heavy atom. The molecule has 102 valence electrons. The fraction of sp³-hybridized carbons (Fsp3) is 0.0667. The molecule has 0 unspecified atom stereocenters. The van der Waals surface area contributed by atoms with E-state index >= 15 is 0 Å². The average Bonchev–Trinajstić information content (AvgIpc) is 2.45. The summed E-state index contributed by atoms with van der Waals surface area (Å²) in [6, 6.07) is 7.84. The van der Waals surface area contributed by atoms with Crippen molar-refractivity contribution in [3.8, 4) is 5.75 Å². The van der Waals surface area contributed by atoms with Gasteiger partial charge in [0.2, 0.25) is 0 Å². The maximum Gasteiger partial charge on any atom is 0.328 e. The third-order valence-corrected chi connectivity index (χ3v) is 2.52. The highest BCUT2D eigenvalue weighted by Gasteiger charge is 2.04. The van der Waals surface area contributed by atoms with Crippen molar-refractivity contribution in [2.24, 2.45) is 0 Å². The van der Waals surface area contributed by atoms with Crippen LogP contribution in [0.1, 0.15) is 11.1 Å². The van der Waals surface area contributed by atoms with Crippen LogP contribution in [0.2, 0.25) is 0 Å². The Hall–Kier alpha value is -2.69. The van der Waals surface area contributed by atoms with E-state index < -0.39 is 11.8 Å². The number of hydrogen-bond acceptors (Lipinski definition) is 3. The van der Waals surface area contributed by atoms with E-state index in [1.54, 1.807) is 30.6 Å². The number of carboxylic acids is 1. The first kappa shape index (κ1) is 13.7. The highest BCUT2D eigenvalue weighted by Crippen LogP contribution is 2.20. The highest BCUT2D eigenvalue weighted by atomic mass is 19.1. The van der Waals surface area contributed by atoms with Gasteiger partial charge in [0.05, 0.1) is 0 Å². The number of benzene rings is 1. The van der Waals surface area contributed by atoms with Crippen LogP contribution >= 0.6 is 0 Å². The molecule has 0 aliphatic heterocycles. The summed E-state index contributed by atoms with van der Waals surface area (Å²) in [4.78, 5) is 14.3. The fourth-order valence-corrected chi connectivity index (χ4v) is 1.55. The molecule has 1 aromatic carbocycles. The molecule has 1 N–H and O–H groups in total. The molecule has 2 aromatic rings. The lowest BCUT2D eigenvalue weighted by molar-refractivity contribution is -0.131. The molecular formula is C15H12FNO3. The molecule has 0 aliphatic carbocycles. The molecule has 0 saturated heterocycles. The van der Waals surface area contributed by atoms with Crippen LogP contribution < -0.4 is 4.74 Å². The zero-order valence-corrected chi connectivity index (χ0v) is 10.5. The van der Waals surface area contributed by atoms with Crippen LogP contribution in [0, 0.1) is 5.82 Å². The van der Waals surface area contributed by atoms with Crippen molar-refractivity contribution in [3.63, 3.8) is 0 Å². The monoisotopic (exact) mass is 273 g/mol. The van der Waals surface area contributed by atoms with Crippen LogP contribution in [-0.2, 0) is 11.4 Å². The number of hydrogen-bond donors (Lipinski definition) is 1. The number of aromatic nitrogens is 1. The summed E-state index contributed by atoms with van der Waals surface area (Å²) in [6.07, 6.45) is 5.54. The van der Waals surface area contributed by atoms with E-state index in [1.165, 1.54) is 18.2 Å². The number of ether oxygens (including phenoxy) is 1. The van der Waals surface area contributed by atoms with Crippen molar-refractivity contribution in [1.29, 1.82) is 0 Å². The minimum Gasteiger partial charge on any atom is -0.486 e. The Morgan fingerprint density at radius 2 is 2.05 bits per heavy atom. The van der Waals surface area contributed by atoms with Crippen molar-refractivity contribution in [1.82, 2.24) is 4.98 Å². The molecule has 0 amide bonds. The van der Waals surface area contributed by atoms with Gasteiger partial charge < -0.3 is 9.84 Å². The van der Waals surface area contributed by atoms with Crippen LogP contribution in [0.4, 0.5) is 4.39 Å². The van der Waals surface area contributed by atoms with Gasteiger partial charge >= 0.3 is 5.97 Å². The summed E-state index contributed by atoms with van der Waals surface area (Å²) in [5, 5.41) is 8.50. The van der Waals surface area contributed by atoms with Gasteiger partial charge in [-0.3, -0.25) is 4.98 Å². The lowest BCUT2D eigenvalue weighted by Crippen LogP contribution is -1.97. The number of pyridine rings is 1. The predicted octanol–water partition coefficient (Wildman–Crippen LogP) is 2.90. The normalized spacial score (nSPS) is 10.7. The molecule has 5 heteroatoms. The van der Waals surface area contributed by atoms with Crippen molar-refractivity contribution in [2.75, 3.05) is 0 Å². The van der Waals surface area contributed by atoms with E-state index in [1.807, 2.05) is 0 Å². The standard InChI is InChI=1S/C15H12FNO3/c16-13-9-11(2-4-15(18)19)1-3-14(13)20-10-12-5-7-17-8-6-12/h1-9H,10H2,(H,18,19)/b4-2+. The first-order valence-corrected chi connectivity index (χ1v) is 5.87. The maximum atomic E-state index is 13.8. The van der Waals surface area contributed by atoms with E-state index in [0.29, 0.717) is 5.56 Å². The number of halogens is 1. The van der Waals surface area contributed by atoms with E-state index in [4.69, 9.17) is 9.84 Å². The third-order valence-electron chi connectivity index (χ3n) is 2.52. The molecule has 2 rings (SSSR count). The van der Waals surface area contributed by atoms with Crippen LogP contribution in [0.5, 0.6) is 5.75 Å². The number of rotatable bonds is 5. The van der Waals surface area contributed by atoms with Crippen LogP contribution in [0.15, 0.2) is 48.8 Å². The second-order valence-corrected chi connectivity index (χ2v) is 4.01. The van der Waals surface area contributed by atoms with Gasteiger partial charge in [0, 0.05) is 18.5 Å². The van der Waals surface area contributed by atoms with Crippen molar-refractivity contribution < 1.29 is 19.0 Å². The SMILES string of the molecule is O=C(O)/C=C/c1ccc(OCc2ccncc2)c(F)c1. The molecule has 1 heterocycles. The third kappa shape index (κ3) is 3.91. The zero-order chi connectivity index (χ0) is 14.4. The first-order chi connectivity index (χ1) is 9.65. The summed E-state index contributed by atoms with van der Waals surface area (Å²) >= 11 is 0. The molecule has 0 fully saturated rings. The van der Waals surface area contributed by atoms with Crippen LogP contribution in [0.25, 0.3) is 6.08 Å². The lowest BCUT2D eigenvalue weighted by atomic mass is 10.2. The second-order valence-electron chi connectivity index (χ2n) is 4.01. The number of aliphatic carboxylic acids is 1. The lowest BCUT2D eigenvalue weighted by Gasteiger charge is -2.07. The molecule has 0 aliphatic rings. The minimum absolute atomic E-state index is 0.120. The largest absolute Gasteiger partial charge is 0.486 e. The topological polar surface area (TPSA) is 59.4 Å². The molecular weight excluding hydrogens is 261 g/mol. The van der Waals surface area contributed by atoms with E-state index in [9.17, 15) is 9.18 Å². The fourth-order valence-electron chi connectivity index (χ4n) is 1.55.